The molecule has 150 valence electrons. The van der Waals surface area contributed by atoms with Crippen LogP contribution in [0.25, 0.3) is 0 Å². The van der Waals surface area contributed by atoms with E-state index in [4.69, 9.17) is 11.6 Å². The topological polar surface area (TPSA) is 75.5 Å². The van der Waals surface area contributed by atoms with Crippen LogP contribution >= 0.6 is 11.6 Å². The zero-order valence-corrected chi connectivity index (χ0v) is 15.7. The van der Waals surface area contributed by atoms with Crippen molar-refractivity contribution in [3.05, 3.63) is 68.7 Å². The first-order chi connectivity index (χ1) is 13.0. The van der Waals surface area contributed by atoms with Gasteiger partial charge in [0.05, 0.1) is 22.2 Å². The van der Waals surface area contributed by atoms with Gasteiger partial charge in [-0.05, 0) is 37.7 Å². The largest absolute Gasteiger partial charge is 0.418 e. The van der Waals surface area contributed by atoms with Crippen LogP contribution in [0.2, 0.25) is 5.02 Å². The van der Waals surface area contributed by atoms with Crippen LogP contribution < -0.4 is 5.32 Å². The number of halogens is 4. The quantitative estimate of drug-likeness (QED) is 0.547. The second-order valence-electron chi connectivity index (χ2n) is 6.16. The molecule has 0 heterocycles. The molecule has 0 bridgehead atoms. The maximum absolute atomic E-state index is 13.1. The minimum atomic E-state index is -4.60. The molecule has 2 aromatic carbocycles. The van der Waals surface area contributed by atoms with Crippen molar-refractivity contribution in [2.75, 3.05) is 12.4 Å². The number of non-ortho nitro benzene ring substituents is 1. The fraction of sp³-hybridized carbons (Fsp3) is 0.278. The Kier molecular flexibility index (Phi) is 6.63. The lowest BCUT2D eigenvalue weighted by molar-refractivity contribution is -0.384. The molecule has 0 saturated carbocycles. The van der Waals surface area contributed by atoms with Gasteiger partial charge >= 0.3 is 6.18 Å². The number of nitrogens with zero attached hydrogens (tertiary/aromatic N) is 2. The van der Waals surface area contributed by atoms with Crippen molar-refractivity contribution < 1.29 is 22.9 Å². The molecular formula is C18H17ClF3N3O3. The number of amides is 1. The van der Waals surface area contributed by atoms with Crippen molar-refractivity contribution in [2.24, 2.45) is 0 Å². The van der Waals surface area contributed by atoms with Crippen molar-refractivity contribution >= 4 is 28.9 Å². The number of rotatable bonds is 6. The SMILES string of the molecule is CC(C(=O)Nc1ccccc1C(F)(F)F)N(C)Cc1cc([N+](=O)[O-])ccc1Cl. The summed E-state index contributed by atoms with van der Waals surface area (Å²) < 4.78 is 39.2. The van der Waals surface area contributed by atoms with E-state index in [2.05, 4.69) is 5.32 Å². The molecule has 1 amide bonds. The van der Waals surface area contributed by atoms with Gasteiger partial charge in [-0.15, -0.1) is 0 Å². The van der Waals surface area contributed by atoms with E-state index in [1.807, 2.05) is 0 Å². The fourth-order valence-electron chi connectivity index (χ4n) is 2.48. The number of anilines is 1. The summed E-state index contributed by atoms with van der Waals surface area (Å²) >= 11 is 6.06. The number of carbonyl (C=O) groups is 1. The second-order valence-corrected chi connectivity index (χ2v) is 6.56. The molecule has 0 aliphatic rings. The van der Waals surface area contributed by atoms with Crippen LogP contribution in [0.1, 0.15) is 18.1 Å². The summed E-state index contributed by atoms with van der Waals surface area (Å²) in [5, 5.41) is 13.5. The van der Waals surface area contributed by atoms with Gasteiger partial charge in [0.1, 0.15) is 0 Å². The van der Waals surface area contributed by atoms with Gasteiger partial charge in [0.2, 0.25) is 5.91 Å². The van der Waals surface area contributed by atoms with Crippen LogP contribution in [-0.4, -0.2) is 28.8 Å². The van der Waals surface area contributed by atoms with Gasteiger partial charge in [-0.2, -0.15) is 13.2 Å². The Morgan fingerprint density at radius 2 is 1.93 bits per heavy atom. The van der Waals surface area contributed by atoms with E-state index < -0.39 is 28.6 Å². The highest BCUT2D eigenvalue weighted by Gasteiger charge is 2.34. The molecule has 0 aliphatic heterocycles. The Morgan fingerprint density at radius 1 is 1.29 bits per heavy atom. The van der Waals surface area contributed by atoms with E-state index in [1.165, 1.54) is 48.2 Å². The van der Waals surface area contributed by atoms with Crippen LogP contribution in [0.15, 0.2) is 42.5 Å². The van der Waals surface area contributed by atoms with Crippen molar-refractivity contribution in [3.8, 4) is 0 Å². The first-order valence-corrected chi connectivity index (χ1v) is 8.48. The molecule has 2 rings (SSSR count). The lowest BCUT2D eigenvalue weighted by Gasteiger charge is -2.25. The van der Waals surface area contributed by atoms with E-state index in [-0.39, 0.29) is 22.9 Å². The molecule has 10 heteroatoms. The summed E-state index contributed by atoms with van der Waals surface area (Å²) in [5.74, 6) is -0.652. The fourth-order valence-corrected chi connectivity index (χ4v) is 2.66. The van der Waals surface area contributed by atoms with Crippen LogP contribution in [0.5, 0.6) is 0 Å². The number of hydrogen-bond acceptors (Lipinski definition) is 4. The maximum Gasteiger partial charge on any atom is 0.418 e. The van der Waals surface area contributed by atoms with Crippen LogP contribution in [0, 0.1) is 10.1 Å². The number of nitro benzene ring substituents is 1. The van der Waals surface area contributed by atoms with E-state index in [0.717, 1.165) is 6.07 Å². The number of carbonyl (C=O) groups excluding carboxylic acids is 1. The summed E-state index contributed by atoms with van der Waals surface area (Å²) in [4.78, 5) is 24.3. The predicted octanol–water partition coefficient (Wildman–Crippen LogP) is 4.73. The van der Waals surface area contributed by atoms with Gasteiger partial charge in [0.15, 0.2) is 0 Å². The molecule has 0 radical (unpaired) electrons. The van der Waals surface area contributed by atoms with Gasteiger partial charge in [-0.1, -0.05) is 23.7 Å². The minimum Gasteiger partial charge on any atom is -0.324 e. The Balaban J connectivity index is 2.14. The molecule has 0 fully saturated rings. The van der Waals surface area contributed by atoms with E-state index in [9.17, 15) is 28.1 Å². The smallest absolute Gasteiger partial charge is 0.324 e. The zero-order chi connectivity index (χ0) is 21.1. The monoisotopic (exact) mass is 415 g/mol. The summed E-state index contributed by atoms with van der Waals surface area (Å²) in [5.41, 5.74) is -1.01. The molecule has 0 aromatic heterocycles. The number of para-hydroxylation sites is 1. The lowest BCUT2D eigenvalue weighted by atomic mass is 10.1. The van der Waals surface area contributed by atoms with Gasteiger partial charge in [0.25, 0.3) is 5.69 Å². The Bertz CT molecular complexity index is 890. The summed E-state index contributed by atoms with van der Waals surface area (Å²) in [6.45, 7) is 1.60. The summed E-state index contributed by atoms with van der Waals surface area (Å²) in [6.07, 6.45) is -4.60. The third-order valence-electron chi connectivity index (χ3n) is 4.19. The third-order valence-corrected chi connectivity index (χ3v) is 4.56. The van der Waals surface area contributed by atoms with Crippen LogP contribution in [0.4, 0.5) is 24.5 Å². The number of likely N-dealkylation sites (N-methyl/N-ethyl adjacent to an activating group) is 1. The predicted molar refractivity (Wildman–Crippen MR) is 99.1 cm³/mol. The number of nitro groups is 1. The molecule has 0 aliphatic carbocycles. The van der Waals surface area contributed by atoms with Crippen LogP contribution in [-0.2, 0) is 17.5 Å². The molecule has 28 heavy (non-hydrogen) atoms. The molecular weight excluding hydrogens is 399 g/mol. The maximum atomic E-state index is 13.1. The van der Waals surface area contributed by atoms with E-state index in [1.54, 1.807) is 7.05 Å². The molecule has 0 saturated heterocycles. The van der Waals surface area contributed by atoms with E-state index >= 15 is 0 Å². The number of hydrogen-bond donors (Lipinski definition) is 1. The van der Waals surface area contributed by atoms with E-state index in [0.29, 0.717) is 5.56 Å². The average molecular weight is 416 g/mol. The molecule has 1 N–H and O–H groups in total. The molecule has 6 nitrogen and oxygen atoms in total. The average Bonchev–Trinajstić information content (AvgIpc) is 2.62. The molecule has 0 spiro atoms. The Hall–Kier alpha value is -2.65. The third kappa shape index (κ3) is 5.20. The van der Waals surface area contributed by atoms with Gasteiger partial charge in [-0.25, -0.2) is 0 Å². The zero-order valence-electron chi connectivity index (χ0n) is 15.0. The van der Waals surface area contributed by atoms with Gasteiger partial charge in [-0.3, -0.25) is 19.8 Å². The highest BCUT2D eigenvalue weighted by atomic mass is 35.5. The summed E-state index contributed by atoms with van der Waals surface area (Å²) in [7, 11) is 1.56. The van der Waals surface area contributed by atoms with Crippen molar-refractivity contribution in [1.29, 1.82) is 0 Å². The Morgan fingerprint density at radius 3 is 2.54 bits per heavy atom. The van der Waals surface area contributed by atoms with Crippen molar-refractivity contribution in [3.63, 3.8) is 0 Å². The normalized spacial score (nSPS) is 12.7. The highest BCUT2D eigenvalue weighted by molar-refractivity contribution is 6.31. The van der Waals surface area contributed by atoms with Gasteiger partial charge in [0, 0.05) is 23.7 Å². The number of alkyl halides is 3. The Labute approximate surface area is 164 Å². The first-order valence-electron chi connectivity index (χ1n) is 8.11. The first kappa shape index (κ1) is 21.6. The lowest BCUT2D eigenvalue weighted by Crippen LogP contribution is -2.39. The minimum absolute atomic E-state index is 0.0933. The standard InChI is InChI=1S/C18H17ClF3N3O3/c1-11(17(26)23-16-6-4-3-5-14(16)18(20,21)22)24(2)10-12-9-13(25(27)28)7-8-15(12)19/h3-9,11H,10H2,1-2H3,(H,23,26). The summed E-state index contributed by atoms with van der Waals surface area (Å²) in [6, 6.07) is 7.79. The number of nitrogens with one attached hydrogen (secondary N) is 1. The van der Waals surface area contributed by atoms with Crippen LogP contribution in [0.3, 0.4) is 0 Å². The second kappa shape index (κ2) is 8.57. The van der Waals surface area contributed by atoms with Gasteiger partial charge < -0.3 is 5.32 Å². The highest BCUT2D eigenvalue weighted by Crippen LogP contribution is 2.34. The van der Waals surface area contributed by atoms with Crippen molar-refractivity contribution in [2.45, 2.75) is 25.7 Å². The molecule has 1 unspecified atom stereocenters. The number of benzene rings is 2. The molecule has 1 atom stereocenters. The van der Waals surface area contributed by atoms with Crippen molar-refractivity contribution in [1.82, 2.24) is 4.90 Å². The molecule has 2 aromatic rings.